The van der Waals surface area contributed by atoms with Crippen molar-refractivity contribution in [3.8, 4) is 0 Å². The van der Waals surface area contributed by atoms with Crippen LogP contribution in [-0.2, 0) is 5.75 Å². The predicted molar refractivity (Wildman–Crippen MR) is 109 cm³/mol. The normalized spacial score (nSPS) is 16.1. The van der Waals surface area contributed by atoms with Crippen LogP contribution in [0.25, 0.3) is 0 Å². The SMILES string of the molecule is CN1CCN(C(=O)Nc2ncc(SCc3ncc([Si](C)(C)C)o3)s2)CC1. The lowest BCUT2D eigenvalue weighted by Crippen LogP contribution is -2.48. The fourth-order valence-corrected chi connectivity index (χ4v) is 5.01. The number of thioether (sulfide) groups is 1. The van der Waals surface area contributed by atoms with Crippen molar-refractivity contribution >= 4 is 47.7 Å². The molecular weight excluding hydrogens is 386 g/mol. The summed E-state index contributed by atoms with van der Waals surface area (Å²) in [5, 5.41) is 4.55. The number of carbonyl (C=O) groups is 1. The van der Waals surface area contributed by atoms with E-state index in [9.17, 15) is 4.79 Å². The zero-order chi connectivity index (χ0) is 18.7. The Morgan fingerprint density at radius 2 is 2.00 bits per heavy atom. The predicted octanol–water partition coefficient (Wildman–Crippen LogP) is 2.75. The molecule has 0 saturated carbocycles. The first-order chi connectivity index (χ1) is 12.3. The van der Waals surface area contributed by atoms with Gasteiger partial charge < -0.3 is 14.2 Å². The average Bonchev–Trinajstić information content (AvgIpc) is 3.22. The average molecular weight is 412 g/mol. The minimum absolute atomic E-state index is 0.0727. The topological polar surface area (TPSA) is 74.5 Å². The van der Waals surface area contributed by atoms with Gasteiger partial charge in [-0.2, -0.15) is 0 Å². The number of thiazole rings is 1. The largest absolute Gasteiger partial charge is 0.450 e. The molecule has 3 heterocycles. The third-order valence-electron chi connectivity index (χ3n) is 4.12. The molecule has 3 rings (SSSR count). The van der Waals surface area contributed by atoms with Gasteiger partial charge in [-0.25, -0.2) is 14.8 Å². The minimum Gasteiger partial charge on any atom is -0.450 e. The molecule has 0 radical (unpaired) electrons. The smallest absolute Gasteiger partial charge is 0.323 e. The van der Waals surface area contributed by atoms with E-state index in [1.807, 2.05) is 11.1 Å². The summed E-state index contributed by atoms with van der Waals surface area (Å²) in [4.78, 5) is 25.0. The molecule has 1 aliphatic heterocycles. The fraction of sp³-hybridized carbons (Fsp3) is 0.562. The third-order valence-corrected chi connectivity index (χ3v) is 7.92. The highest BCUT2D eigenvalue weighted by Crippen LogP contribution is 2.30. The molecule has 1 N–H and O–H groups in total. The van der Waals surface area contributed by atoms with Crippen LogP contribution in [-0.4, -0.2) is 67.1 Å². The van der Waals surface area contributed by atoms with Crippen LogP contribution in [0.1, 0.15) is 5.89 Å². The number of hydrogen-bond acceptors (Lipinski definition) is 7. The molecule has 0 atom stereocenters. The van der Waals surface area contributed by atoms with E-state index in [4.69, 9.17) is 4.42 Å². The van der Waals surface area contributed by atoms with Crippen molar-refractivity contribution in [2.75, 3.05) is 38.5 Å². The van der Waals surface area contributed by atoms with Gasteiger partial charge in [0.05, 0.1) is 22.4 Å². The highest BCUT2D eigenvalue weighted by atomic mass is 32.2. The highest BCUT2D eigenvalue weighted by molar-refractivity contribution is 8.00. The monoisotopic (exact) mass is 411 g/mol. The Morgan fingerprint density at radius 3 is 2.65 bits per heavy atom. The van der Waals surface area contributed by atoms with Crippen LogP contribution in [0.3, 0.4) is 0 Å². The van der Waals surface area contributed by atoms with Crippen LogP contribution in [0.4, 0.5) is 9.93 Å². The molecule has 0 spiro atoms. The summed E-state index contributed by atoms with van der Waals surface area (Å²) in [6.45, 7) is 10.0. The summed E-state index contributed by atoms with van der Waals surface area (Å²) >= 11 is 3.10. The standard InChI is InChI=1S/C16H25N5O2S2Si/c1-20-5-7-21(8-6-20)16(22)19-15-18-10-14(25-15)24-11-12-17-9-13(23-12)26(2,3)4/h9-10H,5-8,11H2,1-4H3,(H,18,19,22). The van der Waals surface area contributed by atoms with Gasteiger partial charge in [0.2, 0.25) is 5.89 Å². The van der Waals surface area contributed by atoms with Crippen molar-refractivity contribution in [2.24, 2.45) is 0 Å². The number of nitrogens with one attached hydrogen (secondary N) is 1. The van der Waals surface area contributed by atoms with Crippen LogP contribution in [0, 0.1) is 0 Å². The molecule has 2 aromatic heterocycles. The van der Waals surface area contributed by atoms with E-state index in [-0.39, 0.29) is 6.03 Å². The van der Waals surface area contributed by atoms with E-state index in [0.29, 0.717) is 10.9 Å². The van der Waals surface area contributed by atoms with Crippen LogP contribution in [0.15, 0.2) is 21.0 Å². The molecule has 0 aliphatic carbocycles. The number of amides is 2. The van der Waals surface area contributed by atoms with Gasteiger partial charge >= 0.3 is 6.03 Å². The first-order valence-corrected chi connectivity index (χ1v) is 13.9. The zero-order valence-electron chi connectivity index (χ0n) is 15.6. The summed E-state index contributed by atoms with van der Waals surface area (Å²) in [6.07, 6.45) is 3.65. The number of urea groups is 1. The summed E-state index contributed by atoms with van der Waals surface area (Å²) in [5.41, 5.74) is 0. The van der Waals surface area contributed by atoms with Crippen LogP contribution in [0.5, 0.6) is 0 Å². The Balaban J connectivity index is 1.50. The van der Waals surface area contributed by atoms with Crippen LogP contribution >= 0.6 is 23.1 Å². The number of piperazine rings is 1. The van der Waals surface area contributed by atoms with E-state index in [1.165, 1.54) is 11.3 Å². The second kappa shape index (κ2) is 8.11. The Morgan fingerprint density at radius 1 is 1.27 bits per heavy atom. The first kappa shape index (κ1) is 19.4. The van der Waals surface area contributed by atoms with Gasteiger partial charge in [0.1, 0.15) is 13.5 Å². The maximum absolute atomic E-state index is 12.3. The first-order valence-electron chi connectivity index (χ1n) is 8.59. The lowest BCUT2D eigenvalue weighted by atomic mass is 10.3. The molecule has 7 nitrogen and oxygen atoms in total. The van der Waals surface area contributed by atoms with Crippen LogP contribution < -0.4 is 10.7 Å². The molecular formula is C16H25N5O2S2Si. The molecule has 26 heavy (non-hydrogen) atoms. The number of nitrogens with zero attached hydrogens (tertiary/aromatic N) is 4. The Labute approximate surface area is 163 Å². The van der Waals surface area contributed by atoms with E-state index in [2.05, 4.69) is 46.9 Å². The summed E-state index contributed by atoms with van der Waals surface area (Å²) < 4.78 is 6.90. The van der Waals surface area contributed by atoms with Crippen molar-refractivity contribution in [3.05, 3.63) is 18.3 Å². The molecule has 10 heteroatoms. The number of hydrogen-bond donors (Lipinski definition) is 1. The zero-order valence-corrected chi connectivity index (χ0v) is 18.2. The van der Waals surface area contributed by atoms with Crippen molar-refractivity contribution in [2.45, 2.75) is 29.6 Å². The molecule has 2 aromatic rings. The number of anilines is 1. The summed E-state index contributed by atoms with van der Waals surface area (Å²) in [7, 11) is 0.610. The minimum atomic E-state index is -1.46. The van der Waals surface area contributed by atoms with Gasteiger partial charge in [0.15, 0.2) is 5.13 Å². The molecule has 1 saturated heterocycles. The molecule has 0 bridgehead atoms. The van der Waals surface area contributed by atoms with Gasteiger partial charge in [-0.1, -0.05) is 31.0 Å². The molecule has 2 amide bonds. The Kier molecular flexibility index (Phi) is 6.05. The van der Waals surface area contributed by atoms with Gasteiger partial charge in [-0.3, -0.25) is 5.32 Å². The maximum Gasteiger partial charge on any atom is 0.323 e. The van der Waals surface area contributed by atoms with Crippen molar-refractivity contribution in [3.63, 3.8) is 0 Å². The third kappa shape index (κ3) is 5.09. The van der Waals surface area contributed by atoms with E-state index in [0.717, 1.165) is 41.7 Å². The quantitative estimate of drug-likeness (QED) is 0.602. The van der Waals surface area contributed by atoms with Gasteiger partial charge in [-0.05, 0) is 7.05 Å². The molecule has 0 unspecified atom stereocenters. The van der Waals surface area contributed by atoms with Gasteiger partial charge in [0.25, 0.3) is 0 Å². The van der Waals surface area contributed by atoms with E-state index >= 15 is 0 Å². The van der Waals surface area contributed by atoms with Crippen molar-refractivity contribution in [1.82, 2.24) is 19.8 Å². The number of carbonyl (C=O) groups excluding carboxylic acids is 1. The lowest BCUT2D eigenvalue weighted by molar-refractivity contribution is 0.164. The molecule has 142 valence electrons. The van der Waals surface area contributed by atoms with Crippen molar-refractivity contribution < 1.29 is 9.21 Å². The second-order valence-corrected chi connectivity index (χ2v) is 14.7. The highest BCUT2D eigenvalue weighted by Gasteiger charge is 2.22. The Bertz CT molecular complexity index is 750. The van der Waals surface area contributed by atoms with E-state index < -0.39 is 8.07 Å². The molecule has 0 aromatic carbocycles. The van der Waals surface area contributed by atoms with Gasteiger partial charge in [0, 0.05) is 26.2 Å². The van der Waals surface area contributed by atoms with Crippen LogP contribution in [0.2, 0.25) is 19.6 Å². The van der Waals surface area contributed by atoms with Crippen molar-refractivity contribution in [1.29, 1.82) is 0 Å². The maximum atomic E-state index is 12.3. The van der Waals surface area contributed by atoms with Gasteiger partial charge in [-0.15, -0.1) is 11.8 Å². The summed E-state index contributed by atoms with van der Waals surface area (Å²) in [6, 6.07) is -0.0727. The number of likely N-dealkylation sites (N-methyl/N-ethyl adjacent to an activating group) is 1. The Hall–Kier alpha value is -1.36. The number of aromatic nitrogens is 2. The second-order valence-electron chi connectivity index (χ2n) is 7.36. The lowest BCUT2D eigenvalue weighted by Gasteiger charge is -2.32. The number of oxazole rings is 1. The van der Waals surface area contributed by atoms with E-state index in [1.54, 1.807) is 18.0 Å². The summed E-state index contributed by atoms with van der Waals surface area (Å²) in [5.74, 6) is 1.40. The molecule has 1 aliphatic rings. The number of rotatable bonds is 5. The molecule has 1 fully saturated rings. The fourth-order valence-electron chi connectivity index (χ4n) is 2.42.